The molecule has 0 unspecified atom stereocenters. The molecule has 0 heterocycles. The molecule has 226 valence electrons. The van der Waals surface area contributed by atoms with Crippen molar-refractivity contribution in [2.75, 3.05) is 0 Å². The van der Waals surface area contributed by atoms with Crippen LogP contribution in [-0.2, 0) is 5.41 Å². The molecule has 0 bridgehead atoms. The maximum Gasteiger partial charge on any atom is 0.0714 e. The highest BCUT2D eigenvalue weighted by Gasteiger charge is 2.46. The average Bonchev–Trinajstić information content (AvgIpc) is 3.42. The van der Waals surface area contributed by atoms with Gasteiger partial charge in [0.1, 0.15) is 0 Å². The maximum atomic E-state index is 2.48. The Morgan fingerprint density at radius 1 is 0.224 bits per heavy atom. The highest BCUT2D eigenvalue weighted by Crippen LogP contribution is 2.58. The smallest absolute Gasteiger partial charge is 0.0616 e. The molecule has 0 nitrogen and oxygen atoms in total. The van der Waals surface area contributed by atoms with Crippen LogP contribution in [0.4, 0.5) is 0 Å². The van der Waals surface area contributed by atoms with Gasteiger partial charge in [-0.15, -0.1) is 0 Å². The Balaban J connectivity index is 1.31. The van der Waals surface area contributed by atoms with Gasteiger partial charge in [0.15, 0.2) is 0 Å². The highest BCUT2D eigenvalue weighted by molar-refractivity contribution is 6.04. The fraction of sp³-hybridized carbons (Fsp3) is 0.0204. The molecule has 0 saturated carbocycles. The van der Waals surface area contributed by atoms with Crippen molar-refractivity contribution in [3.05, 3.63) is 204 Å². The van der Waals surface area contributed by atoms with E-state index in [-0.39, 0.29) is 0 Å². The molecule has 0 aromatic heterocycles. The van der Waals surface area contributed by atoms with Gasteiger partial charge in [-0.05, 0) is 159 Å². The van der Waals surface area contributed by atoms with Gasteiger partial charge in [-0.1, -0.05) is 121 Å². The van der Waals surface area contributed by atoms with E-state index in [4.69, 9.17) is 0 Å². The van der Waals surface area contributed by atoms with E-state index in [9.17, 15) is 0 Å². The lowest BCUT2D eigenvalue weighted by molar-refractivity contribution is 0.773. The van der Waals surface area contributed by atoms with Crippen LogP contribution in [0.2, 0.25) is 0 Å². The SMILES string of the molecule is c1ccc2cc3c(cc2c1)-c1cc2ccccc2cc1C3(c1ccc2cc3ccccc3cc2c1)c1ccc2cc3ccccc3cc2c1. The van der Waals surface area contributed by atoms with Crippen LogP contribution in [0.5, 0.6) is 0 Å². The average molecular weight is 619 g/mol. The third-order valence-electron chi connectivity index (χ3n) is 11.1. The Morgan fingerprint density at radius 2 is 0.510 bits per heavy atom. The zero-order valence-corrected chi connectivity index (χ0v) is 26.8. The van der Waals surface area contributed by atoms with Gasteiger partial charge in [-0.25, -0.2) is 0 Å². The summed E-state index contributed by atoms with van der Waals surface area (Å²) >= 11 is 0. The topological polar surface area (TPSA) is 0 Å². The Bertz CT molecular complexity index is 2790. The highest BCUT2D eigenvalue weighted by atomic mass is 14.5. The summed E-state index contributed by atoms with van der Waals surface area (Å²) in [5.41, 5.74) is 7.38. The molecule has 10 aromatic carbocycles. The van der Waals surface area contributed by atoms with Gasteiger partial charge in [-0.2, -0.15) is 0 Å². The number of hydrogen-bond acceptors (Lipinski definition) is 0. The molecule has 0 aliphatic heterocycles. The van der Waals surface area contributed by atoms with Gasteiger partial charge in [0.2, 0.25) is 0 Å². The Hall–Kier alpha value is -6.24. The van der Waals surface area contributed by atoms with Crippen molar-refractivity contribution < 1.29 is 0 Å². The van der Waals surface area contributed by atoms with Crippen molar-refractivity contribution >= 4 is 64.6 Å². The van der Waals surface area contributed by atoms with Crippen LogP contribution >= 0.6 is 0 Å². The van der Waals surface area contributed by atoms with Crippen molar-refractivity contribution in [1.29, 1.82) is 0 Å². The molecule has 11 rings (SSSR count). The zero-order valence-electron chi connectivity index (χ0n) is 26.8. The molecule has 0 heteroatoms. The minimum atomic E-state index is -0.529. The Kier molecular flexibility index (Phi) is 5.41. The molecule has 0 atom stereocenters. The van der Waals surface area contributed by atoms with Gasteiger partial charge in [0.05, 0.1) is 5.41 Å². The van der Waals surface area contributed by atoms with E-state index in [1.807, 2.05) is 0 Å². The van der Waals surface area contributed by atoms with Crippen molar-refractivity contribution in [2.45, 2.75) is 5.41 Å². The van der Waals surface area contributed by atoms with Gasteiger partial charge in [-0.3, -0.25) is 0 Å². The van der Waals surface area contributed by atoms with E-state index in [0.717, 1.165) is 0 Å². The van der Waals surface area contributed by atoms with E-state index in [1.54, 1.807) is 0 Å². The van der Waals surface area contributed by atoms with Gasteiger partial charge in [0, 0.05) is 0 Å². The molecular formula is C49H30. The second-order valence-corrected chi connectivity index (χ2v) is 13.8. The number of hydrogen-bond donors (Lipinski definition) is 0. The molecular weight excluding hydrogens is 589 g/mol. The summed E-state index contributed by atoms with van der Waals surface area (Å²) in [7, 11) is 0. The largest absolute Gasteiger partial charge is 0.0714 e. The molecule has 10 aromatic rings. The number of rotatable bonds is 2. The van der Waals surface area contributed by atoms with Gasteiger partial charge in [0.25, 0.3) is 0 Å². The predicted octanol–water partition coefficient (Wildman–Crippen LogP) is 13.0. The minimum Gasteiger partial charge on any atom is -0.0616 e. The molecule has 0 radical (unpaired) electrons. The van der Waals surface area contributed by atoms with Crippen LogP contribution in [0.3, 0.4) is 0 Å². The van der Waals surface area contributed by atoms with Gasteiger partial charge < -0.3 is 0 Å². The number of fused-ring (bicyclic) bond motifs is 9. The van der Waals surface area contributed by atoms with Gasteiger partial charge >= 0.3 is 0 Å². The standard InChI is InChI=1S/C49H30/c1-3-11-33-23-41-25-43(19-17-39(41)21-31(33)9-1)49(44-20-18-40-22-32-10-2-4-12-34(32)24-42(40)26-44)47-29-37-15-7-5-13-35(37)27-45(47)46-28-36-14-6-8-16-38(36)30-48(46)49/h1-30H. The van der Waals surface area contributed by atoms with Crippen LogP contribution in [0.1, 0.15) is 22.3 Å². The summed E-state index contributed by atoms with van der Waals surface area (Å²) < 4.78 is 0. The minimum absolute atomic E-state index is 0.529. The lowest BCUT2D eigenvalue weighted by atomic mass is 9.66. The predicted molar refractivity (Wildman–Crippen MR) is 209 cm³/mol. The quantitative estimate of drug-likeness (QED) is 0.169. The van der Waals surface area contributed by atoms with Crippen molar-refractivity contribution in [3.8, 4) is 11.1 Å². The Morgan fingerprint density at radius 3 is 0.878 bits per heavy atom. The molecule has 49 heavy (non-hydrogen) atoms. The lowest BCUT2D eigenvalue weighted by Crippen LogP contribution is -2.28. The second-order valence-electron chi connectivity index (χ2n) is 13.8. The first-order valence-corrected chi connectivity index (χ1v) is 17.2. The summed E-state index contributed by atoms with van der Waals surface area (Å²) in [6.07, 6.45) is 0. The number of benzene rings is 10. The van der Waals surface area contributed by atoms with Crippen molar-refractivity contribution in [1.82, 2.24) is 0 Å². The molecule has 0 amide bonds. The van der Waals surface area contributed by atoms with E-state index in [2.05, 4.69) is 182 Å². The van der Waals surface area contributed by atoms with E-state index in [0.29, 0.717) is 0 Å². The second kappa shape index (κ2) is 9.89. The first kappa shape index (κ1) is 26.8. The first-order valence-electron chi connectivity index (χ1n) is 17.2. The maximum absolute atomic E-state index is 2.48. The molecule has 0 N–H and O–H groups in total. The van der Waals surface area contributed by atoms with E-state index in [1.165, 1.54) is 98.0 Å². The van der Waals surface area contributed by atoms with Crippen LogP contribution < -0.4 is 0 Å². The fourth-order valence-corrected chi connectivity index (χ4v) is 8.83. The molecule has 0 spiro atoms. The van der Waals surface area contributed by atoms with Crippen LogP contribution in [0, 0.1) is 0 Å². The zero-order chi connectivity index (χ0) is 32.1. The third kappa shape index (κ3) is 3.80. The van der Waals surface area contributed by atoms with Crippen LogP contribution in [0.25, 0.3) is 75.8 Å². The monoisotopic (exact) mass is 618 g/mol. The van der Waals surface area contributed by atoms with Crippen LogP contribution in [-0.4, -0.2) is 0 Å². The summed E-state index contributed by atoms with van der Waals surface area (Å²) in [4.78, 5) is 0. The molecule has 1 aliphatic carbocycles. The van der Waals surface area contributed by atoms with Crippen molar-refractivity contribution in [3.63, 3.8) is 0 Å². The molecule has 0 fully saturated rings. The summed E-state index contributed by atoms with van der Waals surface area (Å²) in [6, 6.07) is 68.7. The first-order chi connectivity index (χ1) is 24.2. The van der Waals surface area contributed by atoms with E-state index >= 15 is 0 Å². The third-order valence-corrected chi connectivity index (χ3v) is 11.1. The normalized spacial score (nSPS) is 13.5. The Labute approximate surface area is 284 Å². The lowest BCUT2D eigenvalue weighted by Gasteiger charge is -2.34. The molecule has 1 aliphatic rings. The summed E-state index contributed by atoms with van der Waals surface area (Å²) in [6.45, 7) is 0. The summed E-state index contributed by atoms with van der Waals surface area (Å²) in [5.74, 6) is 0. The van der Waals surface area contributed by atoms with Crippen molar-refractivity contribution in [2.24, 2.45) is 0 Å². The molecule has 0 saturated heterocycles. The summed E-state index contributed by atoms with van der Waals surface area (Å²) in [5, 5.41) is 15.2. The van der Waals surface area contributed by atoms with E-state index < -0.39 is 5.41 Å². The van der Waals surface area contributed by atoms with Crippen LogP contribution in [0.15, 0.2) is 182 Å². The fourth-order valence-electron chi connectivity index (χ4n) is 8.83.